The van der Waals surface area contributed by atoms with Gasteiger partial charge in [-0.15, -0.1) is 11.3 Å². The fraction of sp³-hybridized carbons (Fsp3) is 0.615. The first-order valence-electron chi connectivity index (χ1n) is 5.88. The summed E-state index contributed by atoms with van der Waals surface area (Å²) in [6.07, 6.45) is 5.76. The van der Waals surface area contributed by atoms with Gasteiger partial charge in [-0.05, 0) is 37.3 Å². The van der Waals surface area contributed by atoms with Crippen molar-refractivity contribution < 1.29 is 4.79 Å². The van der Waals surface area contributed by atoms with Crippen LogP contribution < -0.4 is 0 Å². The van der Waals surface area contributed by atoms with Crippen molar-refractivity contribution in [3.05, 3.63) is 21.4 Å². The fourth-order valence-corrected chi connectivity index (χ4v) is 3.56. The molecule has 0 saturated heterocycles. The Labute approximate surface area is 95.5 Å². The molecule has 1 unspecified atom stereocenters. The van der Waals surface area contributed by atoms with Crippen molar-refractivity contribution in [1.82, 2.24) is 0 Å². The van der Waals surface area contributed by atoms with Crippen molar-refractivity contribution >= 4 is 17.1 Å². The lowest BCUT2D eigenvalue weighted by Crippen LogP contribution is -2.09. The van der Waals surface area contributed by atoms with Crippen LogP contribution in [0, 0.1) is 5.92 Å². The molecule has 1 aliphatic rings. The summed E-state index contributed by atoms with van der Waals surface area (Å²) in [5, 5.41) is 0. The number of ketones is 1. The number of carbonyl (C=O) groups is 1. The first-order valence-corrected chi connectivity index (χ1v) is 6.69. The highest BCUT2D eigenvalue weighted by atomic mass is 32.1. The summed E-state index contributed by atoms with van der Waals surface area (Å²) < 4.78 is 0. The molecule has 0 radical (unpaired) electrons. The van der Waals surface area contributed by atoms with E-state index in [9.17, 15) is 4.79 Å². The van der Waals surface area contributed by atoms with Crippen molar-refractivity contribution in [1.29, 1.82) is 0 Å². The van der Waals surface area contributed by atoms with Gasteiger partial charge >= 0.3 is 0 Å². The number of hydrogen-bond donors (Lipinski definition) is 0. The molecule has 0 fully saturated rings. The third kappa shape index (κ3) is 2.15. The Bertz CT molecular complexity index is 343. The van der Waals surface area contributed by atoms with E-state index in [1.54, 1.807) is 11.3 Å². The Balaban J connectivity index is 2.12. The van der Waals surface area contributed by atoms with Crippen molar-refractivity contribution in [2.24, 2.45) is 5.92 Å². The van der Waals surface area contributed by atoms with Gasteiger partial charge in [0.2, 0.25) is 0 Å². The second kappa shape index (κ2) is 4.48. The van der Waals surface area contributed by atoms with E-state index in [1.807, 2.05) is 0 Å². The van der Waals surface area contributed by atoms with Crippen molar-refractivity contribution in [3.63, 3.8) is 0 Å². The average Bonchev–Trinajstić information content (AvgIpc) is 2.75. The molecule has 0 aromatic carbocycles. The van der Waals surface area contributed by atoms with Crippen molar-refractivity contribution in [2.75, 3.05) is 0 Å². The van der Waals surface area contributed by atoms with Gasteiger partial charge in [0.1, 0.15) is 0 Å². The van der Waals surface area contributed by atoms with Gasteiger partial charge in [-0.3, -0.25) is 4.79 Å². The van der Waals surface area contributed by atoms with Gasteiger partial charge < -0.3 is 0 Å². The van der Waals surface area contributed by atoms with Crippen LogP contribution in [-0.2, 0) is 12.8 Å². The predicted molar refractivity (Wildman–Crippen MR) is 64.7 cm³/mol. The van der Waals surface area contributed by atoms with Gasteiger partial charge in [-0.1, -0.05) is 20.3 Å². The molecule has 1 nitrogen and oxygen atoms in total. The zero-order chi connectivity index (χ0) is 10.8. The predicted octanol–water partition coefficient (Wildman–Crippen LogP) is 3.86. The molecule has 82 valence electrons. The molecule has 1 aromatic rings. The molecule has 0 aliphatic heterocycles. The first kappa shape index (κ1) is 10.9. The summed E-state index contributed by atoms with van der Waals surface area (Å²) in [7, 11) is 0. The third-order valence-corrected chi connectivity index (χ3v) is 4.41. The van der Waals surface area contributed by atoms with Crippen LogP contribution in [0.5, 0.6) is 0 Å². The molecule has 1 aliphatic carbocycles. The molecule has 1 heterocycles. The lowest BCUT2D eigenvalue weighted by atomic mass is 9.99. The molecule has 0 N–H and O–H groups in total. The van der Waals surface area contributed by atoms with Crippen LogP contribution in [0.3, 0.4) is 0 Å². The van der Waals surface area contributed by atoms with E-state index in [2.05, 4.69) is 19.9 Å². The maximum atomic E-state index is 12.1. The van der Waals surface area contributed by atoms with E-state index in [0.717, 1.165) is 17.7 Å². The zero-order valence-corrected chi connectivity index (χ0v) is 10.3. The first-order chi connectivity index (χ1) is 7.22. The zero-order valence-electron chi connectivity index (χ0n) is 9.51. The number of aryl methyl sites for hydroxylation is 2. The van der Waals surface area contributed by atoms with Crippen LogP contribution in [0.2, 0.25) is 0 Å². The lowest BCUT2D eigenvalue weighted by Gasteiger charge is -2.06. The molecule has 1 atom stereocenters. The van der Waals surface area contributed by atoms with Gasteiger partial charge in [0.25, 0.3) is 0 Å². The Morgan fingerprint density at radius 1 is 1.53 bits per heavy atom. The Hall–Kier alpha value is -0.630. The summed E-state index contributed by atoms with van der Waals surface area (Å²) in [6, 6.07) is 2.14. The molecule has 15 heavy (non-hydrogen) atoms. The van der Waals surface area contributed by atoms with Crippen LogP contribution >= 0.6 is 11.3 Å². The smallest absolute Gasteiger partial charge is 0.175 e. The quantitative estimate of drug-likeness (QED) is 0.707. The van der Waals surface area contributed by atoms with E-state index in [1.165, 1.54) is 29.7 Å². The fourth-order valence-electron chi connectivity index (χ4n) is 2.26. The largest absolute Gasteiger partial charge is 0.293 e. The summed E-state index contributed by atoms with van der Waals surface area (Å²) in [4.78, 5) is 14.5. The topological polar surface area (TPSA) is 17.1 Å². The molecule has 0 amide bonds. The minimum atomic E-state index is 0.203. The second-order valence-corrected chi connectivity index (χ2v) is 5.60. The number of rotatable bonds is 4. The van der Waals surface area contributed by atoms with Crippen molar-refractivity contribution in [3.8, 4) is 0 Å². The van der Waals surface area contributed by atoms with Crippen LogP contribution in [0.4, 0.5) is 0 Å². The Kier molecular flexibility index (Phi) is 3.25. The number of Topliss-reactive ketones (excluding diaryl/α,β-unsaturated/α-hetero) is 1. The maximum absolute atomic E-state index is 12.1. The summed E-state index contributed by atoms with van der Waals surface area (Å²) in [5.74, 6) is 0.560. The minimum absolute atomic E-state index is 0.203. The third-order valence-electron chi connectivity index (χ3n) is 3.16. The summed E-state index contributed by atoms with van der Waals surface area (Å²) >= 11 is 1.73. The molecule has 0 bridgehead atoms. The highest BCUT2D eigenvalue weighted by Gasteiger charge is 2.21. The molecule has 1 aromatic heterocycles. The van der Waals surface area contributed by atoms with Gasteiger partial charge in [0.05, 0.1) is 4.88 Å². The number of carbonyl (C=O) groups excluding carboxylic acids is 1. The molecule has 2 heteroatoms. The highest BCUT2D eigenvalue weighted by molar-refractivity contribution is 7.14. The van der Waals surface area contributed by atoms with Crippen LogP contribution in [0.25, 0.3) is 0 Å². The molecule has 0 spiro atoms. The molecule has 2 rings (SSSR count). The van der Waals surface area contributed by atoms with Crippen molar-refractivity contribution in [2.45, 2.75) is 46.0 Å². The lowest BCUT2D eigenvalue weighted by molar-refractivity contribution is 0.0927. The van der Waals surface area contributed by atoms with Gasteiger partial charge in [-0.2, -0.15) is 0 Å². The molecule has 0 saturated carbocycles. The monoisotopic (exact) mass is 222 g/mol. The standard InChI is InChI=1S/C13H18OS/c1-3-5-9(2)13(14)12-8-10-6-4-7-11(10)15-12/h8-9H,3-7H2,1-2H3. The van der Waals surface area contributed by atoms with Gasteiger partial charge in [0, 0.05) is 10.8 Å². The highest BCUT2D eigenvalue weighted by Crippen LogP contribution is 2.32. The average molecular weight is 222 g/mol. The van der Waals surface area contributed by atoms with Crippen LogP contribution in [0.1, 0.15) is 53.2 Å². The minimum Gasteiger partial charge on any atom is -0.293 e. The summed E-state index contributed by atoms with van der Waals surface area (Å²) in [5.41, 5.74) is 1.44. The van der Waals surface area contributed by atoms with E-state index >= 15 is 0 Å². The van der Waals surface area contributed by atoms with E-state index < -0.39 is 0 Å². The van der Waals surface area contributed by atoms with Gasteiger partial charge in [0.15, 0.2) is 5.78 Å². The number of fused-ring (bicyclic) bond motifs is 1. The van der Waals surface area contributed by atoms with E-state index in [0.29, 0.717) is 5.78 Å². The van der Waals surface area contributed by atoms with Crippen LogP contribution in [-0.4, -0.2) is 5.78 Å². The molecular formula is C13H18OS. The molecular weight excluding hydrogens is 204 g/mol. The summed E-state index contributed by atoms with van der Waals surface area (Å²) in [6.45, 7) is 4.19. The SMILES string of the molecule is CCCC(C)C(=O)c1cc2c(s1)CCC2. The number of hydrogen-bond acceptors (Lipinski definition) is 2. The van der Waals surface area contributed by atoms with Crippen LogP contribution in [0.15, 0.2) is 6.07 Å². The van der Waals surface area contributed by atoms with E-state index in [4.69, 9.17) is 0 Å². The second-order valence-electron chi connectivity index (χ2n) is 4.47. The Morgan fingerprint density at radius 3 is 3.00 bits per heavy atom. The normalized spacial score (nSPS) is 16.4. The van der Waals surface area contributed by atoms with Gasteiger partial charge in [-0.25, -0.2) is 0 Å². The number of thiophene rings is 1. The Morgan fingerprint density at radius 2 is 2.33 bits per heavy atom. The maximum Gasteiger partial charge on any atom is 0.175 e. The van der Waals surface area contributed by atoms with E-state index in [-0.39, 0.29) is 5.92 Å².